The number of halogens is 2. The highest BCUT2D eigenvalue weighted by atomic mass is 79.9. The van der Waals surface area contributed by atoms with Crippen molar-refractivity contribution in [3.8, 4) is 0 Å². The minimum Gasteiger partial charge on any atom is -0.320 e. The van der Waals surface area contributed by atoms with Gasteiger partial charge in [-0.3, -0.25) is 4.79 Å². The van der Waals surface area contributed by atoms with Crippen molar-refractivity contribution in [1.82, 2.24) is 0 Å². The molecule has 1 N–H and O–H groups in total. The van der Waals surface area contributed by atoms with Crippen molar-refractivity contribution < 1.29 is 9.18 Å². The second-order valence-corrected chi connectivity index (χ2v) is 5.28. The molecule has 0 spiro atoms. The van der Waals surface area contributed by atoms with E-state index in [2.05, 4.69) is 21.2 Å². The number of benzene rings is 2. The van der Waals surface area contributed by atoms with E-state index < -0.39 is 5.82 Å². The lowest BCUT2D eigenvalue weighted by Gasteiger charge is -2.04. The van der Waals surface area contributed by atoms with Crippen molar-refractivity contribution in [2.24, 2.45) is 0 Å². The summed E-state index contributed by atoms with van der Waals surface area (Å²) in [5, 5.41) is 2.51. The maximum atomic E-state index is 13.6. The van der Waals surface area contributed by atoms with E-state index in [1.165, 1.54) is 12.1 Å². The normalized spacial score (nSPS) is 10.8. The molecular formula is C16H13BrFNO. The molecule has 2 aromatic carbocycles. The molecule has 4 heteroatoms. The van der Waals surface area contributed by atoms with Gasteiger partial charge in [-0.05, 0) is 48.4 Å². The van der Waals surface area contributed by atoms with Crippen LogP contribution in [-0.4, -0.2) is 5.91 Å². The second kappa shape index (κ2) is 6.48. The largest absolute Gasteiger partial charge is 0.320 e. The molecule has 1 amide bonds. The van der Waals surface area contributed by atoms with Gasteiger partial charge in [-0.25, -0.2) is 4.39 Å². The number of nitrogens with one attached hydrogen (secondary N) is 1. The molecule has 0 fully saturated rings. The van der Waals surface area contributed by atoms with Crippen LogP contribution < -0.4 is 5.32 Å². The molecular weight excluding hydrogens is 321 g/mol. The number of anilines is 1. The lowest BCUT2D eigenvalue weighted by atomic mass is 10.2. The van der Waals surface area contributed by atoms with Crippen LogP contribution in [0.15, 0.2) is 53.0 Å². The highest BCUT2D eigenvalue weighted by Crippen LogP contribution is 2.16. The van der Waals surface area contributed by atoms with Crippen LogP contribution in [0.5, 0.6) is 0 Å². The highest BCUT2D eigenvalue weighted by molar-refractivity contribution is 9.10. The number of carbonyl (C=O) groups excluding carboxylic acids is 1. The molecule has 0 aliphatic rings. The maximum absolute atomic E-state index is 13.6. The monoisotopic (exact) mass is 333 g/mol. The van der Waals surface area contributed by atoms with Crippen molar-refractivity contribution in [1.29, 1.82) is 0 Å². The number of carbonyl (C=O) groups is 1. The molecule has 0 aliphatic carbocycles. The molecule has 2 aromatic rings. The molecule has 20 heavy (non-hydrogen) atoms. The Kier molecular flexibility index (Phi) is 4.69. The first-order valence-electron chi connectivity index (χ1n) is 6.05. The Labute approximate surface area is 125 Å². The van der Waals surface area contributed by atoms with Gasteiger partial charge in [0.15, 0.2) is 0 Å². The Balaban J connectivity index is 2.05. The molecule has 102 valence electrons. The standard InChI is InChI=1S/C16H13BrFNO/c1-11-5-7-15(14(18)9-11)19-16(20)8-6-12-3-2-4-13(17)10-12/h2-10H,1H3,(H,19,20)/b8-6+. The molecule has 0 aliphatic heterocycles. The number of rotatable bonds is 3. The number of amides is 1. The predicted octanol–water partition coefficient (Wildman–Crippen LogP) is 4.55. The first kappa shape index (κ1) is 14.5. The van der Waals surface area contributed by atoms with Crippen LogP contribution in [0.1, 0.15) is 11.1 Å². The fourth-order valence-corrected chi connectivity index (χ4v) is 2.10. The zero-order valence-corrected chi connectivity index (χ0v) is 12.4. The Bertz CT molecular complexity index is 667. The van der Waals surface area contributed by atoms with E-state index in [1.54, 1.807) is 25.1 Å². The summed E-state index contributed by atoms with van der Waals surface area (Å²) in [6.07, 6.45) is 3.05. The summed E-state index contributed by atoms with van der Waals surface area (Å²) in [6, 6.07) is 12.2. The molecule has 0 saturated carbocycles. The first-order valence-corrected chi connectivity index (χ1v) is 6.85. The van der Waals surface area contributed by atoms with Crippen LogP contribution in [-0.2, 0) is 4.79 Å². The fourth-order valence-electron chi connectivity index (χ4n) is 1.68. The summed E-state index contributed by atoms with van der Waals surface area (Å²) in [5.74, 6) is -0.804. The Morgan fingerprint density at radius 1 is 1.25 bits per heavy atom. The van der Waals surface area contributed by atoms with Gasteiger partial charge in [0.25, 0.3) is 0 Å². The van der Waals surface area contributed by atoms with Crippen LogP contribution in [0.4, 0.5) is 10.1 Å². The fraction of sp³-hybridized carbons (Fsp3) is 0.0625. The van der Waals surface area contributed by atoms with Gasteiger partial charge < -0.3 is 5.32 Å². The summed E-state index contributed by atoms with van der Waals surface area (Å²) in [4.78, 5) is 11.7. The predicted molar refractivity (Wildman–Crippen MR) is 82.9 cm³/mol. The molecule has 2 rings (SSSR count). The van der Waals surface area contributed by atoms with Gasteiger partial charge in [0, 0.05) is 10.5 Å². The summed E-state index contributed by atoms with van der Waals surface area (Å²) < 4.78 is 14.5. The molecule has 0 bridgehead atoms. The number of aryl methyl sites for hydroxylation is 1. The van der Waals surface area contributed by atoms with Crippen molar-refractivity contribution in [3.63, 3.8) is 0 Å². The zero-order valence-electron chi connectivity index (χ0n) is 10.9. The van der Waals surface area contributed by atoms with Gasteiger partial charge >= 0.3 is 0 Å². The number of hydrogen-bond donors (Lipinski definition) is 1. The lowest BCUT2D eigenvalue weighted by molar-refractivity contribution is -0.111. The quantitative estimate of drug-likeness (QED) is 0.820. The minimum atomic E-state index is -0.436. The van der Waals surface area contributed by atoms with Crippen molar-refractivity contribution in [2.75, 3.05) is 5.32 Å². The molecule has 0 radical (unpaired) electrons. The maximum Gasteiger partial charge on any atom is 0.248 e. The van der Waals surface area contributed by atoms with Gasteiger partial charge in [0.1, 0.15) is 5.82 Å². The summed E-state index contributed by atoms with van der Waals surface area (Å²) in [7, 11) is 0. The third-order valence-corrected chi connectivity index (χ3v) is 3.15. The Morgan fingerprint density at radius 2 is 2.05 bits per heavy atom. The van der Waals surface area contributed by atoms with Crippen LogP contribution in [0, 0.1) is 12.7 Å². The van der Waals surface area contributed by atoms with E-state index in [0.717, 1.165) is 15.6 Å². The van der Waals surface area contributed by atoms with Crippen molar-refractivity contribution in [3.05, 3.63) is 70.0 Å². The minimum absolute atomic E-state index is 0.180. The smallest absolute Gasteiger partial charge is 0.248 e. The summed E-state index contributed by atoms with van der Waals surface area (Å²) in [5.41, 5.74) is 1.88. The highest BCUT2D eigenvalue weighted by Gasteiger charge is 2.04. The van der Waals surface area contributed by atoms with Gasteiger partial charge in [-0.15, -0.1) is 0 Å². The van der Waals surface area contributed by atoms with Gasteiger partial charge in [-0.1, -0.05) is 34.1 Å². The first-order chi connectivity index (χ1) is 9.54. The third kappa shape index (κ3) is 4.03. The summed E-state index contributed by atoms with van der Waals surface area (Å²) >= 11 is 3.36. The molecule has 2 nitrogen and oxygen atoms in total. The summed E-state index contributed by atoms with van der Waals surface area (Å²) in [6.45, 7) is 1.79. The van der Waals surface area contributed by atoms with Crippen molar-refractivity contribution >= 4 is 33.6 Å². The van der Waals surface area contributed by atoms with Crippen LogP contribution in [0.3, 0.4) is 0 Å². The van der Waals surface area contributed by atoms with Crippen LogP contribution >= 0.6 is 15.9 Å². The SMILES string of the molecule is Cc1ccc(NC(=O)/C=C/c2cccc(Br)c2)c(F)c1. The average molecular weight is 334 g/mol. The van der Waals surface area contributed by atoms with E-state index in [9.17, 15) is 9.18 Å². The number of hydrogen-bond acceptors (Lipinski definition) is 1. The van der Waals surface area contributed by atoms with E-state index in [4.69, 9.17) is 0 Å². The third-order valence-electron chi connectivity index (χ3n) is 2.66. The molecule has 0 heterocycles. The Hall–Kier alpha value is -1.94. The van der Waals surface area contributed by atoms with Crippen molar-refractivity contribution in [2.45, 2.75) is 6.92 Å². The van der Waals surface area contributed by atoms with Crippen LogP contribution in [0.2, 0.25) is 0 Å². The van der Waals surface area contributed by atoms with Gasteiger partial charge in [0.2, 0.25) is 5.91 Å². The average Bonchev–Trinajstić information content (AvgIpc) is 2.40. The lowest BCUT2D eigenvalue weighted by Crippen LogP contribution is -2.09. The van der Waals surface area contributed by atoms with E-state index in [1.807, 2.05) is 24.3 Å². The van der Waals surface area contributed by atoms with Crippen LogP contribution in [0.25, 0.3) is 6.08 Å². The molecule has 0 aromatic heterocycles. The van der Waals surface area contributed by atoms with E-state index >= 15 is 0 Å². The molecule has 0 saturated heterocycles. The van der Waals surface area contributed by atoms with Gasteiger partial charge in [-0.2, -0.15) is 0 Å². The van der Waals surface area contributed by atoms with Gasteiger partial charge in [0.05, 0.1) is 5.69 Å². The zero-order chi connectivity index (χ0) is 14.5. The van der Waals surface area contributed by atoms with E-state index in [0.29, 0.717) is 0 Å². The molecule has 0 atom stereocenters. The Morgan fingerprint density at radius 3 is 2.75 bits per heavy atom. The second-order valence-electron chi connectivity index (χ2n) is 4.36. The molecule has 0 unspecified atom stereocenters. The van der Waals surface area contributed by atoms with E-state index in [-0.39, 0.29) is 11.6 Å². The topological polar surface area (TPSA) is 29.1 Å².